The van der Waals surface area contributed by atoms with Gasteiger partial charge in [0.1, 0.15) is 0 Å². The molecule has 0 aromatic rings. The smallest absolute Gasteiger partial charge is 0.0622 e. The Morgan fingerprint density at radius 3 is 2.94 bits per heavy atom. The Morgan fingerprint density at radius 1 is 1.56 bits per heavy atom. The summed E-state index contributed by atoms with van der Waals surface area (Å²) < 4.78 is 5.49. The van der Waals surface area contributed by atoms with Gasteiger partial charge in [0.25, 0.3) is 0 Å². The van der Waals surface area contributed by atoms with Crippen molar-refractivity contribution in [1.29, 1.82) is 0 Å². The molecular weight excluding hydrogens is 202 g/mol. The maximum absolute atomic E-state index is 6.06. The monoisotopic (exact) mass is 227 g/mol. The Hall–Kier alpha value is -0.160. The van der Waals surface area contributed by atoms with Gasteiger partial charge in [0.05, 0.1) is 6.61 Å². The highest BCUT2D eigenvalue weighted by molar-refractivity contribution is 4.98. The van der Waals surface area contributed by atoms with Crippen molar-refractivity contribution < 1.29 is 4.74 Å². The fraction of sp³-hybridized carbons (Fsp3) is 1.00. The van der Waals surface area contributed by atoms with Gasteiger partial charge < -0.3 is 15.4 Å². The molecular formula is C12H25N3O. The van der Waals surface area contributed by atoms with Gasteiger partial charge in [-0.2, -0.15) is 0 Å². The molecule has 2 atom stereocenters. The summed E-state index contributed by atoms with van der Waals surface area (Å²) in [6, 6.07) is 0.565. The molecule has 0 aliphatic carbocycles. The van der Waals surface area contributed by atoms with Gasteiger partial charge in [-0.25, -0.2) is 0 Å². The van der Waals surface area contributed by atoms with E-state index in [4.69, 9.17) is 10.5 Å². The molecule has 0 amide bonds. The highest BCUT2D eigenvalue weighted by atomic mass is 16.5. The van der Waals surface area contributed by atoms with E-state index in [0.29, 0.717) is 6.04 Å². The van der Waals surface area contributed by atoms with Crippen LogP contribution >= 0.6 is 0 Å². The first kappa shape index (κ1) is 12.3. The molecule has 2 aliphatic heterocycles. The SMILES string of the molecule is CN1CCCC(CN)(N(C)C2CCOC2)C1. The molecule has 16 heavy (non-hydrogen) atoms. The van der Waals surface area contributed by atoms with Crippen LogP contribution in [-0.4, -0.2) is 68.3 Å². The van der Waals surface area contributed by atoms with Gasteiger partial charge in [-0.3, -0.25) is 4.90 Å². The minimum atomic E-state index is 0.172. The highest BCUT2D eigenvalue weighted by Crippen LogP contribution is 2.29. The number of rotatable bonds is 3. The fourth-order valence-electron chi connectivity index (χ4n) is 3.15. The molecule has 2 fully saturated rings. The lowest BCUT2D eigenvalue weighted by molar-refractivity contribution is 0.0119. The maximum Gasteiger partial charge on any atom is 0.0622 e. The van der Waals surface area contributed by atoms with Crippen LogP contribution in [0, 0.1) is 0 Å². The predicted molar refractivity (Wildman–Crippen MR) is 65.5 cm³/mol. The fourth-order valence-corrected chi connectivity index (χ4v) is 3.15. The molecule has 0 aromatic heterocycles. The van der Waals surface area contributed by atoms with Crippen molar-refractivity contribution in [2.24, 2.45) is 5.73 Å². The standard InChI is InChI=1S/C12H25N3O/c1-14-6-3-5-12(9-13,10-14)15(2)11-4-7-16-8-11/h11H,3-10,13H2,1-2H3. The van der Waals surface area contributed by atoms with E-state index < -0.39 is 0 Å². The second-order valence-corrected chi connectivity index (χ2v) is 5.40. The van der Waals surface area contributed by atoms with Crippen molar-refractivity contribution in [3.8, 4) is 0 Å². The topological polar surface area (TPSA) is 41.7 Å². The molecule has 0 radical (unpaired) electrons. The molecule has 2 saturated heterocycles. The molecule has 0 saturated carbocycles. The second-order valence-electron chi connectivity index (χ2n) is 5.40. The summed E-state index contributed by atoms with van der Waals surface area (Å²) in [5.74, 6) is 0. The third-order valence-electron chi connectivity index (χ3n) is 4.33. The number of likely N-dealkylation sites (tertiary alicyclic amines) is 1. The summed E-state index contributed by atoms with van der Waals surface area (Å²) in [5.41, 5.74) is 6.23. The van der Waals surface area contributed by atoms with Gasteiger partial charge in [-0.05, 0) is 39.9 Å². The van der Waals surface area contributed by atoms with Crippen LogP contribution in [0.25, 0.3) is 0 Å². The van der Waals surface area contributed by atoms with Crippen LogP contribution < -0.4 is 5.73 Å². The molecule has 94 valence electrons. The Kier molecular flexibility index (Phi) is 3.85. The van der Waals surface area contributed by atoms with Gasteiger partial charge in [-0.15, -0.1) is 0 Å². The Labute approximate surface area is 98.7 Å². The minimum absolute atomic E-state index is 0.172. The molecule has 2 unspecified atom stereocenters. The molecule has 0 spiro atoms. The van der Waals surface area contributed by atoms with Crippen LogP contribution in [0.3, 0.4) is 0 Å². The maximum atomic E-state index is 6.06. The number of piperidine rings is 1. The zero-order chi connectivity index (χ0) is 11.6. The van der Waals surface area contributed by atoms with Crippen LogP contribution in [0.1, 0.15) is 19.3 Å². The summed E-state index contributed by atoms with van der Waals surface area (Å²) in [6.45, 7) is 4.84. The number of hydrogen-bond acceptors (Lipinski definition) is 4. The van der Waals surface area contributed by atoms with E-state index in [1.807, 2.05) is 0 Å². The zero-order valence-corrected chi connectivity index (χ0v) is 10.6. The molecule has 2 N–H and O–H groups in total. The minimum Gasteiger partial charge on any atom is -0.380 e. The first-order chi connectivity index (χ1) is 7.68. The van der Waals surface area contributed by atoms with Crippen molar-refractivity contribution in [2.75, 3.05) is 46.9 Å². The van der Waals surface area contributed by atoms with Crippen molar-refractivity contribution in [1.82, 2.24) is 9.80 Å². The highest BCUT2D eigenvalue weighted by Gasteiger charge is 2.40. The lowest BCUT2D eigenvalue weighted by atomic mass is 9.86. The molecule has 2 aliphatic rings. The van der Waals surface area contributed by atoms with E-state index in [2.05, 4.69) is 23.9 Å². The van der Waals surface area contributed by atoms with E-state index in [1.165, 1.54) is 19.4 Å². The molecule has 0 aromatic carbocycles. The Bertz CT molecular complexity index is 230. The summed E-state index contributed by atoms with van der Waals surface area (Å²) in [7, 11) is 4.42. The molecule has 0 bridgehead atoms. The number of hydrogen-bond donors (Lipinski definition) is 1. The van der Waals surface area contributed by atoms with Crippen LogP contribution in [0.15, 0.2) is 0 Å². The lowest BCUT2D eigenvalue weighted by Crippen LogP contribution is -2.63. The number of nitrogens with two attached hydrogens (primary N) is 1. The van der Waals surface area contributed by atoms with Gasteiger partial charge in [0.15, 0.2) is 0 Å². The average molecular weight is 227 g/mol. The van der Waals surface area contributed by atoms with Crippen LogP contribution in [0.4, 0.5) is 0 Å². The van der Waals surface area contributed by atoms with Crippen molar-refractivity contribution >= 4 is 0 Å². The summed E-state index contributed by atoms with van der Waals surface area (Å²) in [5, 5.41) is 0. The quantitative estimate of drug-likeness (QED) is 0.744. The average Bonchev–Trinajstić information content (AvgIpc) is 2.81. The first-order valence-corrected chi connectivity index (χ1v) is 6.37. The summed E-state index contributed by atoms with van der Waals surface area (Å²) in [6.07, 6.45) is 3.63. The van der Waals surface area contributed by atoms with Gasteiger partial charge >= 0.3 is 0 Å². The predicted octanol–water partition coefficient (Wildman–Crippen LogP) is 0.130. The zero-order valence-electron chi connectivity index (χ0n) is 10.6. The number of nitrogens with zero attached hydrogens (tertiary/aromatic N) is 2. The van der Waals surface area contributed by atoms with Gasteiger partial charge in [0.2, 0.25) is 0 Å². The van der Waals surface area contributed by atoms with E-state index >= 15 is 0 Å². The third-order valence-corrected chi connectivity index (χ3v) is 4.33. The van der Waals surface area contributed by atoms with Crippen LogP contribution in [-0.2, 0) is 4.74 Å². The van der Waals surface area contributed by atoms with Crippen molar-refractivity contribution in [2.45, 2.75) is 30.8 Å². The first-order valence-electron chi connectivity index (χ1n) is 6.37. The van der Waals surface area contributed by atoms with E-state index in [9.17, 15) is 0 Å². The summed E-state index contributed by atoms with van der Waals surface area (Å²) in [4.78, 5) is 4.90. The third kappa shape index (κ3) is 2.25. The number of ether oxygens (including phenoxy) is 1. The second kappa shape index (κ2) is 5.00. The largest absolute Gasteiger partial charge is 0.380 e. The van der Waals surface area contributed by atoms with Crippen molar-refractivity contribution in [3.63, 3.8) is 0 Å². The lowest BCUT2D eigenvalue weighted by Gasteiger charge is -2.49. The normalized spacial score (nSPS) is 37.1. The molecule has 4 heteroatoms. The Morgan fingerprint density at radius 2 is 2.38 bits per heavy atom. The Balaban J connectivity index is 2.06. The van der Waals surface area contributed by atoms with Gasteiger partial charge in [0, 0.05) is 31.3 Å². The van der Waals surface area contributed by atoms with Gasteiger partial charge in [-0.1, -0.05) is 0 Å². The van der Waals surface area contributed by atoms with E-state index in [1.54, 1.807) is 0 Å². The van der Waals surface area contributed by atoms with Crippen LogP contribution in [0.2, 0.25) is 0 Å². The van der Waals surface area contributed by atoms with E-state index in [-0.39, 0.29) is 5.54 Å². The van der Waals surface area contributed by atoms with Crippen LogP contribution in [0.5, 0.6) is 0 Å². The molecule has 2 heterocycles. The molecule has 4 nitrogen and oxygen atoms in total. The summed E-state index contributed by atoms with van der Waals surface area (Å²) >= 11 is 0. The molecule has 2 rings (SSSR count). The van der Waals surface area contributed by atoms with Crippen molar-refractivity contribution in [3.05, 3.63) is 0 Å². The number of likely N-dealkylation sites (N-methyl/N-ethyl adjacent to an activating group) is 2. The van der Waals surface area contributed by atoms with E-state index in [0.717, 1.165) is 32.7 Å².